The van der Waals surface area contributed by atoms with Crippen molar-refractivity contribution in [3.63, 3.8) is 0 Å². The van der Waals surface area contributed by atoms with E-state index in [0.717, 1.165) is 89.9 Å². The number of carboxylic acid groups (broad SMARTS) is 1. The second-order valence-electron chi connectivity index (χ2n) is 14.8. The third kappa shape index (κ3) is 35.9. The summed E-state index contributed by atoms with van der Waals surface area (Å²) in [6.07, 6.45) is 47.7. The largest absolute Gasteiger partial charge is 0.477 e. The summed E-state index contributed by atoms with van der Waals surface area (Å²) in [5, 5.41) is 9.61. The highest BCUT2D eigenvalue weighted by molar-refractivity contribution is 5.72. The first-order chi connectivity index (χ1) is 26.6. The van der Waals surface area contributed by atoms with E-state index >= 15 is 0 Å². The van der Waals surface area contributed by atoms with Crippen molar-refractivity contribution in [1.82, 2.24) is 0 Å². The monoisotopic (exact) mass is 769 g/mol. The summed E-state index contributed by atoms with van der Waals surface area (Å²) < 4.78 is 17.2. The molecule has 55 heavy (non-hydrogen) atoms. The van der Waals surface area contributed by atoms with Gasteiger partial charge in [-0.25, -0.2) is 4.79 Å². The fourth-order valence-corrected chi connectivity index (χ4v) is 5.57. The van der Waals surface area contributed by atoms with Crippen LogP contribution in [0.1, 0.15) is 142 Å². The zero-order valence-corrected chi connectivity index (χ0v) is 35.3. The summed E-state index contributed by atoms with van der Waals surface area (Å²) in [6.45, 7) is 4.42. The topological polar surface area (TPSA) is 99.1 Å². The Balaban J connectivity index is 4.44. The number of quaternary nitrogens is 1. The van der Waals surface area contributed by atoms with E-state index in [2.05, 4.69) is 98.9 Å². The molecule has 0 fully saturated rings. The fourth-order valence-electron chi connectivity index (χ4n) is 5.57. The average molecular weight is 769 g/mol. The van der Waals surface area contributed by atoms with Gasteiger partial charge in [0, 0.05) is 19.3 Å². The van der Waals surface area contributed by atoms with E-state index in [4.69, 9.17) is 14.2 Å². The highest BCUT2D eigenvalue weighted by Crippen LogP contribution is 2.12. The van der Waals surface area contributed by atoms with Crippen molar-refractivity contribution in [3.05, 3.63) is 85.1 Å². The molecule has 0 aliphatic carbocycles. The van der Waals surface area contributed by atoms with Crippen LogP contribution in [0.25, 0.3) is 0 Å². The molecule has 8 heteroatoms. The van der Waals surface area contributed by atoms with E-state index < -0.39 is 18.1 Å². The van der Waals surface area contributed by atoms with Crippen LogP contribution in [0.2, 0.25) is 0 Å². The lowest BCUT2D eigenvalue weighted by molar-refractivity contribution is -0.887. The number of aliphatic carboxylic acids is 1. The molecule has 312 valence electrons. The minimum absolute atomic E-state index is 0.0376. The predicted molar refractivity (Wildman–Crippen MR) is 229 cm³/mol. The molecule has 0 bridgehead atoms. The van der Waals surface area contributed by atoms with E-state index in [9.17, 15) is 19.5 Å². The Kier molecular flexibility index (Phi) is 35.1. The number of carbonyl (C=O) groups excluding carboxylic acids is 2. The molecular formula is C47H78NO7+. The van der Waals surface area contributed by atoms with Gasteiger partial charge in [-0.15, -0.1) is 0 Å². The molecule has 1 N–H and O–H groups in total. The van der Waals surface area contributed by atoms with Gasteiger partial charge in [0.25, 0.3) is 0 Å². The van der Waals surface area contributed by atoms with Crippen LogP contribution in [-0.4, -0.2) is 80.6 Å². The van der Waals surface area contributed by atoms with E-state index in [-0.39, 0.29) is 36.2 Å². The number of nitrogens with zero attached hydrogens (tertiary/aromatic N) is 1. The second kappa shape index (κ2) is 37.4. The SMILES string of the molecule is CC/C=C/C/C=C/C/C=C/C/C=C/CCCCCCCCC(=O)OC(COCCC(C(=O)O)[N+](C)(C)C)COC(=O)CCCC/C=C/C/C=C/C/C=C/CC. The number of carboxylic acids is 1. The molecule has 0 aromatic rings. The van der Waals surface area contributed by atoms with Crippen LogP contribution in [0.15, 0.2) is 85.1 Å². The van der Waals surface area contributed by atoms with Gasteiger partial charge in [0.1, 0.15) is 6.61 Å². The molecule has 0 saturated heterocycles. The quantitative estimate of drug-likeness (QED) is 0.0293. The maximum atomic E-state index is 12.7. The van der Waals surface area contributed by atoms with Crippen molar-refractivity contribution >= 4 is 17.9 Å². The molecule has 0 saturated carbocycles. The van der Waals surface area contributed by atoms with Crippen LogP contribution in [0.4, 0.5) is 0 Å². The minimum atomic E-state index is -0.887. The Morgan fingerprint density at radius 1 is 0.545 bits per heavy atom. The van der Waals surface area contributed by atoms with Crippen molar-refractivity contribution in [2.45, 2.75) is 154 Å². The van der Waals surface area contributed by atoms with Crippen LogP contribution in [0, 0.1) is 0 Å². The van der Waals surface area contributed by atoms with E-state index in [0.29, 0.717) is 25.7 Å². The fraction of sp³-hybridized carbons (Fsp3) is 0.638. The number of hydrogen-bond donors (Lipinski definition) is 1. The molecular weight excluding hydrogens is 691 g/mol. The van der Waals surface area contributed by atoms with Crippen LogP contribution >= 0.6 is 0 Å². The van der Waals surface area contributed by atoms with E-state index in [1.165, 1.54) is 12.8 Å². The summed E-state index contributed by atoms with van der Waals surface area (Å²) >= 11 is 0. The zero-order valence-electron chi connectivity index (χ0n) is 35.3. The molecule has 0 amide bonds. The van der Waals surface area contributed by atoms with Gasteiger partial charge in [-0.3, -0.25) is 9.59 Å². The first kappa shape index (κ1) is 51.5. The molecule has 0 radical (unpaired) electrons. The highest BCUT2D eigenvalue weighted by atomic mass is 16.6. The standard InChI is InChI=1S/C47H77NO7/c1-6-8-10-12-14-16-18-20-21-22-23-24-25-26-28-30-32-34-36-38-46(50)55-43(41-53-40-39-44(47(51)52)48(3,4)5)42-54-45(49)37-35-33-31-29-27-19-17-15-13-11-9-7-2/h8-11,14-17,20-21,23-24,27,29,43-44H,6-7,12-13,18-19,22,25-26,28,30-42H2,1-5H3/p+1/b10-8+,11-9+,16-14+,17-15+,21-20+,24-23+,29-27+. The lowest BCUT2D eigenvalue weighted by Crippen LogP contribution is -2.50. The summed E-state index contributed by atoms with van der Waals surface area (Å²) in [4.78, 5) is 36.9. The molecule has 2 atom stereocenters. The lowest BCUT2D eigenvalue weighted by Gasteiger charge is -2.31. The third-order valence-electron chi connectivity index (χ3n) is 8.79. The predicted octanol–water partition coefficient (Wildman–Crippen LogP) is 11.4. The van der Waals surface area contributed by atoms with Gasteiger partial charge in [-0.1, -0.05) is 125 Å². The smallest absolute Gasteiger partial charge is 0.362 e. The number of unbranched alkanes of at least 4 members (excludes halogenated alkanes) is 8. The first-order valence-electron chi connectivity index (χ1n) is 21.1. The van der Waals surface area contributed by atoms with Crippen LogP contribution in [-0.2, 0) is 28.6 Å². The van der Waals surface area contributed by atoms with Crippen LogP contribution in [0.5, 0.6) is 0 Å². The van der Waals surface area contributed by atoms with Gasteiger partial charge in [0.2, 0.25) is 0 Å². The molecule has 8 nitrogen and oxygen atoms in total. The Hall–Kier alpha value is -3.49. The molecule has 0 aromatic heterocycles. The number of carbonyl (C=O) groups is 3. The van der Waals surface area contributed by atoms with Crippen molar-refractivity contribution in [1.29, 1.82) is 0 Å². The Morgan fingerprint density at radius 2 is 0.964 bits per heavy atom. The minimum Gasteiger partial charge on any atom is -0.477 e. The van der Waals surface area contributed by atoms with Gasteiger partial charge in [0.15, 0.2) is 12.1 Å². The maximum Gasteiger partial charge on any atom is 0.362 e. The van der Waals surface area contributed by atoms with Crippen molar-refractivity contribution in [3.8, 4) is 0 Å². The molecule has 0 spiro atoms. The van der Waals surface area contributed by atoms with Crippen molar-refractivity contribution in [2.75, 3.05) is 41.0 Å². The molecule has 0 aliphatic heterocycles. The van der Waals surface area contributed by atoms with Gasteiger partial charge in [-0.05, 0) is 83.5 Å². The summed E-state index contributed by atoms with van der Waals surface area (Å²) in [5.74, 6) is -1.55. The average Bonchev–Trinajstić information content (AvgIpc) is 3.14. The second-order valence-corrected chi connectivity index (χ2v) is 14.8. The number of allylic oxidation sites excluding steroid dienone is 14. The van der Waals surface area contributed by atoms with Gasteiger partial charge < -0.3 is 23.8 Å². The first-order valence-corrected chi connectivity index (χ1v) is 21.1. The Morgan fingerprint density at radius 3 is 1.45 bits per heavy atom. The number of rotatable bonds is 36. The summed E-state index contributed by atoms with van der Waals surface area (Å²) in [5.41, 5.74) is 0. The van der Waals surface area contributed by atoms with E-state index in [1.54, 1.807) is 0 Å². The molecule has 0 rings (SSSR count). The maximum absolute atomic E-state index is 12.7. The van der Waals surface area contributed by atoms with Gasteiger partial charge >= 0.3 is 17.9 Å². The normalized spacial score (nSPS) is 13.8. The summed E-state index contributed by atoms with van der Waals surface area (Å²) in [6, 6.07) is -0.627. The molecule has 2 unspecified atom stereocenters. The van der Waals surface area contributed by atoms with Crippen LogP contribution in [0.3, 0.4) is 0 Å². The van der Waals surface area contributed by atoms with Gasteiger partial charge in [0.05, 0.1) is 34.4 Å². The number of hydrogen-bond acceptors (Lipinski definition) is 6. The number of likely N-dealkylation sites (N-methyl/N-ethyl adjacent to an activating group) is 1. The highest BCUT2D eigenvalue weighted by Gasteiger charge is 2.31. The third-order valence-corrected chi connectivity index (χ3v) is 8.79. The van der Waals surface area contributed by atoms with Crippen molar-refractivity contribution < 1.29 is 38.2 Å². The number of esters is 2. The lowest BCUT2D eigenvalue weighted by atomic mass is 10.1. The van der Waals surface area contributed by atoms with Crippen LogP contribution < -0.4 is 0 Å². The zero-order chi connectivity index (χ0) is 40.7. The van der Waals surface area contributed by atoms with E-state index in [1.807, 2.05) is 21.1 Å². The van der Waals surface area contributed by atoms with Crippen molar-refractivity contribution in [2.24, 2.45) is 0 Å². The Labute approximate surface area is 335 Å². The molecule has 0 heterocycles. The Bertz CT molecular complexity index is 1170. The van der Waals surface area contributed by atoms with Gasteiger partial charge in [-0.2, -0.15) is 0 Å². The summed E-state index contributed by atoms with van der Waals surface area (Å²) in [7, 11) is 5.49. The number of ether oxygens (including phenoxy) is 3. The molecule has 0 aromatic carbocycles. The molecule has 0 aliphatic rings.